The molecular formula is C23H14BrClO2. The van der Waals surface area contributed by atoms with Gasteiger partial charge in [0, 0.05) is 21.7 Å². The Balaban J connectivity index is 2.03. The largest absolute Gasteiger partial charge is 0.293 e. The summed E-state index contributed by atoms with van der Waals surface area (Å²) in [7, 11) is 0. The maximum absolute atomic E-state index is 13.4. The fourth-order valence-electron chi connectivity index (χ4n) is 3.36. The Morgan fingerprint density at radius 2 is 1.30 bits per heavy atom. The molecule has 1 aliphatic carbocycles. The molecule has 3 aromatic carbocycles. The zero-order valence-corrected chi connectivity index (χ0v) is 16.5. The van der Waals surface area contributed by atoms with Crippen molar-refractivity contribution < 1.29 is 9.59 Å². The van der Waals surface area contributed by atoms with Gasteiger partial charge in [0.05, 0.1) is 0 Å². The Morgan fingerprint density at radius 1 is 0.741 bits per heavy atom. The van der Waals surface area contributed by atoms with Gasteiger partial charge < -0.3 is 0 Å². The lowest BCUT2D eigenvalue weighted by molar-refractivity contribution is 0.0943. The Labute approximate surface area is 170 Å². The summed E-state index contributed by atoms with van der Waals surface area (Å²) in [5.41, 5.74) is 3.80. The van der Waals surface area contributed by atoms with E-state index in [-0.39, 0.29) is 11.6 Å². The van der Waals surface area contributed by atoms with Crippen LogP contribution < -0.4 is 0 Å². The van der Waals surface area contributed by atoms with E-state index in [1.54, 1.807) is 36.4 Å². The average molecular weight is 438 g/mol. The summed E-state index contributed by atoms with van der Waals surface area (Å²) in [4.78, 5) is 25.6. The van der Waals surface area contributed by atoms with E-state index in [9.17, 15) is 9.59 Å². The summed E-state index contributed by atoms with van der Waals surface area (Å²) in [5.74, 6) is -0.247. The molecule has 0 saturated carbocycles. The van der Waals surface area contributed by atoms with Crippen LogP contribution in [0.1, 0.15) is 31.8 Å². The molecule has 0 aliphatic heterocycles. The zero-order chi connectivity index (χ0) is 19.0. The highest BCUT2D eigenvalue weighted by atomic mass is 79.9. The number of benzene rings is 3. The molecule has 0 saturated heterocycles. The molecule has 132 valence electrons. The molecule has 0 heterocycles. The lowest BCUT2D eigenvalue weighted by Crippen LogP contribution is -2.31. The second kappa shape index (κ2) is 7.26. The van der Waals surface area contributed by atoms with Crippen molar-refractivity contribution in [1.29, 1.82) is 0 Å². The van der Waals surface area contributed by atoms with Gasteiger partial charge in [-0.25, -0.2) is 0 Å². The molecule has 4 rings (SSSR count). The molecule has 0 aromatic heterocycles. The fourth-order valence-corrected chi connectivity index (χ4v) is 4.17. The molecule has 4 heteroatoms. The van der Waals surface area contributed by atoms with Gasteiger partial charge >= 0.3 is 0 Å². The number of fused-ring (bicyclic) bond motifs is 1. The van der Waals surface area contributed by atoms with Gasteiger partial charge in [0.15, 0.2) is 11.6 Å². The number of carbonyl (C=O) groups excluding carboxylic acids is 2. The van der Waals surface area contributed by atoms with Crippen LogP contribution in [0.3, 0.4) is 0 Å². The van der Waals surface area contributed by atoms with E-state index < -0.39 is 4.83 Å². The van der Waals surface area contributed by atoms with Crippen LogP contribution in [0.5, 0.6) is 0 Å². The van der Waals surface area contributed by atoms with Gasteiger partial charge in [0.1, 0.15) is 4.83 Å². The van der Waals surface area contributed by atoms with Crippen LogP contribution >= 0.6 is 27.5 Å². The van der Waals surface area contributed by atoms with E-state index in [0.29, 0.717) is 21.7 Å². The molecule has 0 spiro atoms. The van der Waals surface area contributed by atoms with Gasteiger partial charge in [-0.05, 0) is 28.8 Å². The normalized spacial score (nSPS) is 18.2. The SMILES string of the molecule is O=C1/C(=C(\c2ccccc2)c2ccc(Cl)cc2)C(Br)C(=O)c2ccccc21. The van der Waals surface area contributed by atoms with E-state index >= 15 is 0 Å². The maximum Gasteiger partial charge on any atom is 0.191 e. The van der Waals surface area contributed by atoms with E-state index in [1.807, 2.05) is 42.5 Å². The molecule has 0 radical (unpaired) electrons. The lowest BCUT2D eigenvalue weighted by Gasteiger charge is -2.25. The fraction of sp³-hybridized carbons (Fsp3) is 0.0435. The van der Waals surface area contributed by atoms with Gasteiger partial charge in [-0.1, -0.05) is 94.3 Å². The third-order valence-corrected chi connectivity index (χ3v) is 5.76. The highest BCUT2D eigenvalue weighted by Crippen LogP contribution is 2.38. The maximum atomic E-state index is 13.4. The highest BCUT2D eigenvalue weighted by Gasteiger charge is 2.37. The van der Waals surface area contributed by atoms with E-state index in [4.69, 9.17) is 11.6 Å². The molecule has 1 atom stereocenters. The van der Waals surface area contributed by atoms with Gasteiger partial charge in [-0.3, -0.25) is 9.59 Å². The molecule has 1 aliphatic rings. The second-order valence-electron chi connectivity index (χ2n) is 6.26. The zero-order valence-electron chi connectivity index (χ0n) is 14.2. The number of rotatable bonds is 2. The molecule has 27 heavy (non-hydrogen) atoms. The van der Waals surface area contributed by atoms with E-state index in [1.165, 1.54) is 0 Å². The Morgan fingerprint density at radius 3 is 1.96 bits per heavy atom. The Bertz CT molecular complexity index is 1070. The predicted octanol–water partition coefficient (Wildman–Crippen LogP) is 5.98. The van der Waals surface area contributed by atoms with Crippen LogP contribution in [0, 0.1) is 0 Å². The highest BCUT2D eigenvalue weighted by molar-refractivity contribution is 9.10. The molecule has 1 unspecified atom stereocenters. The number of hydrogen-bond donors (Lipinski definition) is 0. The van der Waals surface area contributed by atoms with Gasteiger partial charge in [-0.15, -0.1) is 0 Å². The number of hydrogen-bond acceptors (Lipinski definition) is 2. The van der Waals surface area contributed by atoms with Crippen LogP contribution in [-0.2, 0) is 0 Å². The minimum Gasteiger partial charge on any atom is -0.293 e. The minimum absolute atomic E-state index is 0.109. The van der Waals surface area contributed by atoms with Crippen molar-refractivity contribution in [2.45, 2.75) is 4.83 Å². The molecule has 0 bridgehead atoms. The Hall–Kier alpha value is -2.49. The molecule has 3 aromatic rings. The van der Waals surface area contributed by atoms with Crippen molar-refractivity contribution in [3.05, 3.63) is 112 Å². The summed E-state index contributed by atoms with van der Waals surface area (Å²) < 4.78 is 0. The first kappa shape index (κ1) is 17.9. The molecule has 0 fully saturated rings. The molecule has 0 N–H and O–H groups in total. The third kappa shape index (κ3) is 3.18. The first-order valence-electron chi connectivity index (χ1n) is 8.45. The summed E-state index contributed by atoms with van der Waals surface area (Å²) in [6.07, 6.45) is 0. The first-order valence-corrected chi connectivity index (χ1v) is 9.75. The summed E-state index contributed by atoms with van der Waals surface area (Å²) in [5, 5.41) is 0.614. The smallest absolute Gasteiger partial charge is 0.191 e. The number of carbonyl (C=O) groups is 2. The van der Waals surface area contributed by atoms with E-state index in [0.717, 1.165) is 16.7 Å². The van der Waals surface area contributed by atoms with Crippen molar-refractivity contribution >= 4 is 44.7 Å². The molecular weight excluding hydrogens is 424 g/mol. The second-order valence-corrected chi connectivity index (χ2v) is 7.62. The lowest BCUT2D eigenvalue weighted by atomic mass is 9.80. The first-order chi connectivity index (χ1) is 13.1. The van der Waals surface area contributed by atoms with Crippen LogP contribution in [0.15, 0.2) is 84.4 Å². The number of alkyl halides is 1. The predicted molar refractivity (Wildman–Crippen MR) is 112 cm³/mol. The van der Waals surface area contributed by atoms with Gasteiger partial charge in [0.25, 0.3) is 0 Å². The van der Waals surface area contributed by atoms with Crippen molar-refractivity contribution in [3.8, 4) is 0 Å². The summed E-state index contributed by atoms with van der Waals surface area (Å²) >= 11 is 9.54. The standard InChI is InChI=1S/C23H14BrClO2/c24-21-20(22(26)17-8-4-5-9-18(17)23(21)27)19(14-6-2-1-3-7-14)15-10-12-16(25)13-11-15/h1-13,21H/b20-19+. The number of Topliss-reactive ketones (excluding diaryl/α,β-unsaturated/α-hetero) is 2. The molecule has 0 amide bonds. The average Bonchev–Trinajstić information content (AvgIpc) is 2.71. The van der Waals surface area contributed by atoms with Crippen LogP contribution in [-0.4, -0.2) is 16.4 Å². The minimum atomic E-state index is -0.703. The van der Waals surface area contributed by atoms with Crippen LogP contribution in [0.2, 0.25) is 5.02 Å². The van der Waals surface area contributed by atoms with Crippen LogP contribution in [0.25, 0.3) is 5.57 Å². The van der Waals surface area contributed by atoms with E-state index in [2.05, 4.69) is 15.9 Å². The number of ketones is 2. The van der Waals surface area contributed by atoms with Crippen molar-refractivity contribution in [2.75, 3.05) is 0 Å². The van der Waals surface area contributed by atoms with Crippen LogP contribution in [0.4, 0.5) is 0 Å². The number of allylic oxidation sites excluding steroid dienone is 1. The topological polar surface area (TPSA) is 34.1 Å². The monoisotopic (exact) mass is 436 g/mol. The van der Waals surface area contributed by atoms with Gasteiger partial charge in [0.2, 0.25) is 0 Å². The van der Waals surface area contributed by atoms with Crippen molar-refractivity contribution in [2.24, 2.45) is 0 Å². The van der Waals surface area contributed by atoms with Crippen molar-refractivity contribution in [3.63, 3.8) is 0 Å². The Kier molecular flexibility index (Phi) is 4.81. The van der Waals surface area contributed by atoms with Gasteiger partial charge in [-0.2, -0.15) is 0 Å². The summed E-state index contributed by atoms with van der Waals surface area (Å²) in [6.45, 7) is 0. The van der Waals surface area contributed by atoms with Crippen molar-refractivity contribution in [1.82, 2.24) is 0 Å². The third-order valence-electron chi connectivity index (χ3n) is 4.63. The summed E-state index contributed by atoms with van der Waals surface area (Å²) in [6, 6.07) is 23.9. The quantitative estimate of drug-likeness (QED) is 0.365. The molecule has 2 nitrogen and oxygen atoms in total. The number of halogens is 2.